The molecule has 1 saturated carbocycles. The molecule has 0 bridgehead atoms. The molecule has 122 valence electrons. The van der Waals surface area contributed by atoms with Crippen molar-refractivity contribution >= 4 is 11.8 Å². The Morgan fingerprint density at radius 3 is 2.67 bits per heavy atom. The Hall–Kier alpha value is -0.980. The highest BCUT2D eigenvalue weighted by molar-refractivity contribution is 5.89. The first-order valence-corrected chi connectivity index (χ1v) is 7.36. The number of ketones is 1. The normalized spacial score (nSPS) is 27.3. The fourth-order valence-electron chi connectivity index (χ4n) is 2.20. The zero-order valence-electron chi connectivity index (χ0n) is 13.3. The van der Waals surface area contributed by atoms with Gasteiger partial charge in [-0.15, -0.1) is 0 Å². The van der Waals surface area contributed by atoms with E-state index in [-0.39, 0.29) is 31.2 Å². The lowest BCUT2D eigenvalue weighted by molar-refractivity contribution is -0.208. The maximum atomic E-state index is 12.0. The number of carbonyl (C=O) groups excluding carboxylic acids is 2. The second-order valence-electron chi connectivity index (χ2n) is 6.28. The van der Waals surface area contributed by atoms with Crippen molar-refractivity contribution in [3.8, 4) is 0 Å². The summed E-state index contributed by atoms with van der Waals surface area (Å²) in [6, 6.07) is 0. The molecule has 0 spiro atoms. The Labute approximate surface area is 125 Å². The molecule has 0 aromatic heterocycles. The second kappa shape index (κ2) is 7.33. The first-order chi connectivity index (χ1) is 9.69. The van der Waals surface area contributed by atoms with Crippen LogP contribution in [0.1, 0.15) is 53.4 Å². The van der Waals surface area contributed by atoms with Gasteiger partial charge in [-0.3, -0.25) is 4.79 Å². The Morgan fingerprint density at radius 2 is 2.10 bits per heavy atom. The minimum atomic E-state index is -1.93. The third kappa shape index (κ3) is 5.37. The third-order valence-corrected chi connectivity index (χ3v) is 3.31. The predicted octanol–water partition coefficient (Wildman–Crippen LogP) is 1.58. The van der Waals surface area contributed by atoms with Crippen molar-refractivity contribution < 1.29 is 28.9 Å². The van der Waals surface area contributed by atoms with Crippen LogP contribution >= 0.6 is 0 Å². The highest BCUT2D eigenvalue weighted by Crippen LogP contribution is 2.29. The molecule has 6 heteroatoms. The summed E-state index contributed by atoms with van der Waals surface area (Å²) in [5.41, 5.74) is -2.31. The van der Waals surface area contributed by atoms with Gasteiger partial charge in [0.1, 0.15) is 18.7 Å². The number of esters is 1. The van der Waals surface area contributed by atoms with Crippen molar-refractivity contribution in [1.82, 2.24) is 0 Å². The summed E-state index contributed by atoms with van der Waals surface area (Å²) in [6.45, 7) is 7.38. The SMILES string of the molecule is CCOC(=O)[C@]1(O)CC(=O)CCC[C@H]1OCOC(C)(C)C. The fraction of sp³-hybridized carbons (Fsp3) is 0.867. The van der Waals surface area contributed by atoms with Crippen LogP contribution in [-0.2, 0) is 23.8 Å². The van der Waals surface area contributed by atoms with Gasteiger partial charge >= 0.3 is 5.97 Å². The van der Waals surface area contributed by atoms with Gasteiger partial charge < -0.3 is 19.3 Å². The molecule has 0 saturated heterocycles. The summed E-state index contributed by atoms with van der Waals surface area (Å²) in [5, 5.41) is 10.6. The Morgan fingerprint density at radius 1 is 1.43 bits per heavy atom. The minimum Gasteiger partial charge on any atom is -0.464 e. The van der Waals surface area contributed by atoms with Crippen LogP contribution in [0.25, 0.3) is 0 Å². The lowest BCUT2D eigenvalue weighted by atomic mass is 9.91. The van der Waals surface area contributed by atoms with Gasteiger partial charge in [0, 0.05) is 12.8 Å². The van der Waals surface area contributed by atoms with Crippen molar-refractivity contribution in [2.75, 3.05) is 13.4 Å². The molecule has 0 aromatic carbocycles. The molecule has 1 aliphatic rings. The molecular formula is C15H26O6. The fourth-order valence-corrected chi connectivity index (χ4v) is 2.20. The van der Waals surface area contributed by atoms with Gasteiger partial charge in [-0.05, 0) is 40.5 Å². The quantitative estimate of drug-likeness (QED) is 0.472. The molecule has 0 heterocycles. The van der Waals surface area contributed by atoms with Gasteiger partial charge in [0.15, 0.2) is 5.60 Å². The van der Waals surface area contributed by atoms with Crippen molar-refractivity contribution in [1.29, 1.82) is 0 Å². The summed E-state index contributed by atoms with van der Waals surface area (Å²) in [4.78, 5) is 23.8. The highest BCUT2D eigenvalue weighted by atomic mass is 16.7. The number of aliphatic hydroxyl groups is 1. The first kappa shape index (κ1) is 18.1. The molecule has 6 nitrogen and oxygen atoms in total. The minimum absolute atomic E-state index is 0.0515. The van der Waals surface area contributed by atoms with Crippen molar-refractivity contribution in [3.05, 3.63) is 0 Å². The number of rotatable bonds is 5. The molecule has 1 fully saturated rings. The van der Waals surface area contributed by atoms with Gasteiger partial charge in [0.25, 0.3) is 0 Å². The van der Waals surface area contributed by atoms with E-state index in [1.165, 1.54) is 0 Å². The van der Waals surface area contributed by atoms with Crippen LogP contribution < -0.4 is 0 Å². The van der Waals surface area contributed by atoms with Gasteiger partial charge in [-0.25, -0.2) is 4.79 Å². The summed E-state index contributed by atoms with van der Waals surface area (Å²) in [5.74, 6) is -0.964. The summed E-state index contributed by atoms with van der Waals surface area (Å²) >= 11 is 0. The van der Waals surface area contributed by atoms with Gasteiger partial charge in [0.2, 0.25) is 0 Å². The van der Waals surface area contributed by atoms with Crippen LogP contribution in [0.5, 0.6) is 0 Å². The Bertz CT molecular complexity index is 373. The van der Waals surface area contributed by atoms with E-state index in [0.29, 0.717) is 19.3 Å². The molecule has 0 radical (unpaired) electrons. The number of carbonyl (C=O) groups is 2. The van der Waals surface area contributed by atoms with Crippen molar-refractivity contribution in [2.45, 2.75) is 70.7 Å². The molecule has 0 aliphatic heterocycles. The average Bonchev–Trinajstić information content (AvgIpc) is 2.48. The van der Waals surface area contributed by atoms with E-state index in [0.717, 1.165) is 0 Å². The molecule has 0 aromatic rings. The van der Waals surface area contributed by atoms with E-state index in [1.54, 1.807) is 6.92 Å². The molecule has 2 atom stereocenters. The first-order valence-electron chi connectivity index (χ1n) is 7.36. The molecular weight excluding hydrogens is 276 g/mol. The summed E-state index contributed by atoms with van der Waals surface area (Å²) < 4.78 is 15.9. The zero-order chi connectivity index (χ0) is 16.1. The molecule has 1 N–H and O–H groups in total. The van der Waals surface area contributed by atoms with Crippen LogP contribution in [0, 0.1) is 0 Å². The van der Waals surface area contributed by atoms with Gasteiger partial charge in [0.05, 0.1) is 12.2 Å². The van der Waals surface area contributed by atoms with Crippen LogP contribution in [0.4, 0.5) is 0 Å². The van der Waals surface area contributed by atoms with Gasteiger partial charge in [-0.1, -0.05) is 0 Å². The molecule has 0 unspecified atom stereocenters. The largest absolute Gasteiger partial charge is 0.464 e. The van der Waals surface area contributed by atoms with Gasteiger partial charge in [-0.2, -0.15) is 0 Å². The zero-order valence-corrected chi connectivity index (χ0v) is 13.3. The van der Waals surface area contributed by atoms with Crippen molar-refractivity contribution in [3.63, 3.8) is 0 Å². The van der Waals surface area contributed by atoms with Crippen LogP contribution in [-0.4, -0.2) is 47.6 Å². The third-order valence-electron chi connectivity index (χ3n) is 3.31. The molecule has 0 amide bonds. The van der Waals surface area contributed by atoms with Crippen molar-refractivity contribution in [2.24, 2.45) is 0 Å². The predicted molar refractivity (Wildman–Crippen MR) is 75.6 cm³/mol. The van der Waals surface area contributed by atoms with E-state index in [1.807, 2.05) is 20.8 Å². The van der Waals surface area contributed by atoms with E-state index >= 15 is 0 Å². The maximum Gasteiger partial charge on any atom is 0.341 e. The number of ether oxygens (including phenoxy) is 3. The molecule has 1 aliphatic carbocycles. The van der Waals surface area contributed by atoms with E-state index < -0.39 is 17.7 Å². The van der Waals surface area contributed by atoms with Crippen LogP contribution in [0.15, 0.2) is 0 Å². The number of hydrogen-bond donors (Lipinski definition) is 1. The topological polar surface area (TPSA) is 82.1 Å². The molecule has 21 heavy (non-hydrogen) atoms. The number of hydrogen-bond acceptors (Lipinski definition) is 6. The van der Waals surface area contributed by atoms with Crippen LogP contribution in [0.3, 0.4) is 0 Å². The van der Waals surface area contributed by atoms with E-state index in [4.69, 9.17) is 14.2 Å². The Balaban J connectivity index is 2.79. The second-order valence-corrected chi connectivity index (χ2v) is 6.28. The average molecular weight is 302 g/mol. The summed E-state index contributed by atoms with van der Waals surface area (Å²) in [7, 11) is 0. The Kier molecular flexibility index (Phi) is 6.31. The van der Waals surface area contributed by atoms with E-state index in [9.17, 15) is 14.7 Å². The number of Topliss-reactive ketones (excluding diaryl/α,β-unsaturated/α-hetero) is 1. The summed E-state index contributed by atoms with van der Waals surface area (Å²) in [6.07, 6.45) is 0.244. The smallest absolute Gasteiger partial charge is 0.341 e. The standard InChI is InChI=1S/C15H26O6/c1-5-19-13(17)15(18)9-11(16)7-6-8-12(15)20-10-21-14(2,3)4/h12,18H,5-10H2,1-4H3/t12-,15+/m1/s1. The van der Waals surface area contributed by atoms with E-state index in [2.05, 4.69) is 0 Å². The maximum absolute atomic E-state index is 12.0. The highest BCUT2D eigenvalue weighted by Gasteiger charge is 2.49. The lowest BCUT2D eigenvalue weighted by Gasteiger charge is -2.32. The lowest BCUT2D eigenvalue weighted by Crippen LogP contribution is -2.52. The van der Waals surface area contributed by atoms with Crippen LogP contribution in [0.2, 0.25) is 0 Å². The monoisotopic (exact) mass is 302 g/mol. The molecule has 1 rings (SSSR count).